The molecule has 0 bridgehead atoms. The van der Waals surface area contributed by atoms with Crippen molar-refractivity contribution in [2.24, 2.45) is 22.7 Å². The quantitative estimate of drug-likeness (QED) is 0.112. The van der Waals surface area contributed by atoms with Crippen LogP contribution in [0.1, 0.15) is 67.7 Å². The summed E-state index contributed by atoms with van der Waals surface area (Å²) in [6, 6.07) is 47.5. The Labute approximate surface area is 333 Å². The van der Waals surface area contributed by atoms with E-state index < -0.39 is 0 Å². The predicted octanol–water partition coefficient (Wildman–Crippen LogP) is 13.4. The molecule has 4 aliphatic rings. The molecule has 5 aromatic rings. The molecule has 0 amide bonds. The molecule has 4 aliphatic carbocycles. The fourth-order valence-corrected chi connectivity index (χ4v) is 10.1. The Morgan fingerprint density at radius 1 is 0.714 bits per heavy atom. The van der Waals surface area contributed by atoms with Gasteiger partial charge in [0, 0.05) is 35.3 Å². The molecule has 1 N–H and O–H groups in total. The maximum atomic E-state index is 5.11. The Hall–Kier alpha value is -5.73. The van der Waals surface area contributed by atoms with Gasteiger partial charge in [-0.1, -0.05) is 178 Å². The van der Waals surface area contributed by atoms with Gasteiger partial charge in [-0.25, -0.2) is 0 Å². The summed E-state index contributed by atoms with van der Waals surface area (Å²) in [5, 5.41) is 3.95. The predicted molar refractivity (Wildman–Crippen MR) is 238 cm³/mol. The van der Waals surface area contributed by atoms with Crippen molar-refractivity contribution >= 4 is 17.5 Å². The molecule has 0 fully saturated rings. The van der Waals surface area contributed by atoms with Gasteiger partial charge in [-0.2, -0.15) is 0 Å². The monoisotopic (exact) mass is 728 g/mol. The molecular formula is C54H52N2. The minimum absolute atomic E-state index is 0.0838. The number of aliphatic imine (C=N–C) groups is 1. The van der Waals surface area contributed by atoms with E-state index in [0.29, 0.717) is 17.8 Å². The molecule has 0 spiro atoms. The normalized spacial score (nSPS) is 24.3. The average Bonchev–Trinajstić information content (AvgIpc) is 3.56. The van der Waals surface area contributed by atoms with Crippen molar-refractivity contribution in [3.05, 3.63) is 204 Å². The van der Waals surface area contributed by atoms with Gasteiger partial charge in [0.15, 0.2) is 0 Å². The van der Waals surface area contributed by atoms with Gasteiger partial charge >= 0.3 is 0 Å². The molecule has 5 aromatic carbocycles. The van der Waals surface area contributed by atoms with Gasteiger partial charge in [-0.05, 0) is 106 Å². The van der Waals surface area contributed by atoms with E-state index in [9.17, 15) is 0 Å². The van der Waals surface area contributed by atoms with Crippen LogP contribution in [0.2, 0.25) is 0 Å². The largest absolute Gasteiger partial charge is 0.384 e. The average molecular weight is 729 g/mol. The fraction of sp³-hybridized carbons (Fsp3) is 0.241. The van der Waals surface area contributed by atoms with Crippen molar-refractivity contribution in [2.75, 3.05) is 11.9 Å². The lowest BCUT2D eigenvalue weighted by Crippen LogP contribution is -2.42. The summed E-state index contributed by atoms with van der Waals surface area (Å²) in [6.07, 6.45) is 25.1. The van der Waals surface area contributed by atoms with Crippen LogP contribution in [0.25, 0.3) is 27.8 Å². The second-order valence-electron chi connectivity index (χ2n) is 16.2. The second-order valence-corrected chi connectivity index (χ2v) is 16.2. The number of anilines is 1. The maximum Gasteiger partial charge on any atom is 0.0713 e. The molecule has 0 aromatic heterocycles. The smallest absolute Gasteiger partial charge is 0.0713 e. The third-order valence-electron chi connectivity index (χ3n) is 12.8. The molecule has 0 saturated heterocycles. The van der Waals surface area contributed by atoms with Crippen LogP contribution in [0.15, 0.2) is 187 Å². The highest BCUT2D eigenvalue weighted by atomic mass is 14.9. The van der Waals surface area contributed by atoms with E-state index in [-0.39, 0.29) is 17.4 Å². The number of benzene rings is 5. The molecule has 9 rings (SSSR count). The van der Waals surface area contributed by atoms with Gasteiger partial charge in [0.05, 0.1) is 6.04 Å². The summed E-state index contributed by atoms with van der Waals surface area (Å²) in [4.78, 5) is 5.11. The zero-order valence-electron chi connectivity index (χ0n) is 32.7. The van der Waals surface area contributed by atoms with Gasteiger partial charge in [0.25, 0.3) is 0 Å². The van der Waals surface area contributed by atoms with Crippen molar-refractivity contribution in [3.8, 4) is 22.3 Å². The van der Waals surface area contributed by atoms with Crippen molar-refractivity contribution in [1.29, 1.82) is 0 Å². The van der Waals surface area contributed by atoms with Crippen LogP contribution < -0.4 is 5.32 Å². The van der Waals surface area contributed by atoms with Crippen molar-refractivity contribution < 1.29 is 0 Å². The zero-order chi connectivity index (χ0) is 37.9. The highest BCUT2D eigenvalue weighted by molar-refractivity contribution is 5.92. The summed E-state index contributed by atoms with van der Waals surface area (Å²) < 4.78 is 0. The summed E-state index contributed by atoms with van der Waals surface area (Å²) >= 11 is 0. The van der Waals surface area contributed by atoms with E-state index in [0.717, 1.165) is 31.5 Å². The first-order chi connectivity index (χ1) is 27.6. The fourth-order valence-electron chi connectivity index (χ4n) is 10.1. The lowest BCUT2D eigenvalue weighted by molar-refractivity contribution is 0.283. The van der Waals surface area contributed by atoms with E-state index in [1.807, 2.05) is 0 Å². The standard InChI is InChI=1S/C54H52N2/c1-38-18-12-14-30-50(38)54(45-24-8-4-9-25-45)51-35-43(32-33-48(51)49-29-16-19-39(2)53(49)54)47-28-13-15-31-52(47)56-37-44(36-55-46-26-10-5-11-27-46)42-23-17-22-41(34-42)40-20-6-3-7-21-40/h3-11,13-17,20-26,28-36,38-39,44,46,50,56H,12,18-19,27,37H2,1-2H3/b55-36+/t38?,39?,44-,46?,50?,54?/m0/s1. The van der Waals surface area contributed by atoms with Gasteiger partial charge in [-0.15, -0.1) is 0 Å². The first kappa shape index (κ1) is 35.9. The molecule has 5 unspecified atom stereocenters. The van der Waals surface area contributed by atoms with Gasteiger partial charge in [0.1, 0.15) is 0 Å². The molecule has 2 nitrogen and oxygen atoms in total. The first-order valence-corrected chi connectivity index (χ1v) is 20.7. The topological polar surface area (TPSA) is 24.4 Å². The number of hydrogen-bond donors (Lipinski definition) is 1. The Balaban J connectivity index is 1.11. The lowest BCUT2D eigenvalue weighted by Gasteiger charge is -2.46. The molecule has 0 saturated carbocycles. The van der Waals surface area contributed by atoms with Crippen LogP contribution in [-0.4, -0.2) is 18.8 Å². The molecule has 56 heavy (non-hydrogen) atoms. The number of hydrogen-bond acceptors (Lipinski definition) is 2. The molecule has 278 valence electrons. The Kier molecular flexibility index (Phi) is 10.1. The van der Waals surface area contributed by atoms with E-state index in [1.54, 1.807) is 5.57 Å². The number of nitrogens with one attached hydrogen (secondary N) is 1. The Bertz CT molecular complexity index is 2370. The first-order valence-electron chi connectivity index (χ1n) is 20.7. The third kappa shape index (κ3) is 6.66. The Morgan fingerprint density at radius 2 is 1.52 bits per heavy atom. The number of para-hydroxylation sites is 1. The minimum Gasteiger partial charge on any atom is -0.384 e. The van der Waals surface area contributed by atoms with Crippen molar-refractivity contribution in [2.45, 2.75) is 56.9 Å². The molecular weight excluding hydrogens is 677 g/mol. The Morgan fingerprint density at radius 3 is 2.34 bits per heavy atom. The van der Waals surface area contributed by atoms with Crippen LogP contribution in [0.5, 0.6) is 0 Å². The van der Waals surface area contributed by atoms with Gasteiger partial charge in [-0.3, -0.25) is 4.99 Å². The minimum atomic E-state index is -0.223. The lowest BCUT2D eigenvalue weighted by atomic mass is 9.56. The van der Waals surface area contributed by atoms with Crippen molar-refractivity contribution in [3.63, 3.8) is 0 Å². The molecule has 2 heteroatoms. The van der Waals surface area contributed by atoms with Crippen LogP contribution in [0.3, 0.4) is 0 Å². The number of allylic oxidation sites excluding steroid dienone is 8. The summed E-state index contributed by atoms with van der Waals surface area (Å²) in [6.45, 7) is 5.67. The van der Waals surface area contributed by atoms with Crippen LogP contribution in [-0.2, 0) is 5.41 Å². The van der Waals surface area contributed by atoms with Crippen LogP contribution in [0, 0.1) is 17.8 Å². The zero-order valence-corrected chi connectivity index (χ0v) is 32.7. The number of fused-ring (bicyclic) bond motifs is 2. The van der Waals surface area contributed by atoms with Crippen LogP contribution >= 0.6 is 0 Å². The summed E-state index contributed by atoms with van der Waals surface area (Å²) in [5.41, 5.74) is 14.4. The van der Waals surface area contributed by atoms with E-state index in [2.05, 4.69) is 201 Å². The highest BCUT2D eigenvalue weighted by Crippen LogP contribution is 2.61. The van der Waals surface area contributed by atoms with Gasteiger partial charge < -0.3 is 5.32 Å². The van der Waals surface area contributed by atoms with Gasteiger partial charge in [0.2, 0.25) is 0 Å². The van der Waals surface area contributed by atoms with Crippen molar-refractivity contribution in [1.82, 2.24) is 0 Å². The molecule has 0 aliphatic heterocycles. The molecule has 0 radical (unpaired) electrons. The van der Waals surface area contributed by atoms with Crippen LogP contribution in [0.4, 0.5) is 5.69 Å². The number of rotatable bonds is 10. The van der Waals surface area contributed by atoms with E-state index in [4.69, 9.17) is 4.99 Å². The molecule has 6 atom stereocenters. The van der Waals surface area contributed by atoms with E-state index >= 15 is 0 Å². The maximum absolute atomic E-state index is 5.11. The number of nitrogens with zero attached hydrogens (tertiary/aromatic N) is 1. The third-order valence-corrected chi connectivity index (χ3v) is 12.8. The summed E-state index contributed by atoms with van der Waals surface area (Å²) in [5.74, 6) is 1.49. The highest BCUT2D eigenvalue weighted by Gasteiger charge is 2.53. The summed E-state index contributed by atoms with van der Waals surface area (Å²) in [7, 11) is 0. The second kappa shape index (κ2) is 15.8. The molecule has 0 heterocycles. The van der Waals surface area contributed by atoms with E-state index in [1.165, 1.54) is 56.5 Å². The SMILES string of the molecule is CC1CC=CC2=C1C(c1ccccc1)(C1C=CCCC1C)c1cc(-c3ccccc3NC[C@H](/C=N/C3C=CC=CC3)c3cccc(-c4ccccc4)c3)ccc12.